The van der Waals surface area contributed by atoms with E-state index in [1.165, 1.54) is 41.0 Å². The second-order valence-electron chi connectivity index (χ2n) is 5.27. The standard InChI is InChI=1S/C17H24N2S/c1-3-5-7-13-8-10-14(11-9-13)12-16-15(6-4-2)19-17(18)20-16/h8-11H,3-7,12H2,1-2H3,(H2,18,19). The lowest BCUT2D eigenvalue weighted by Gasteiger charge is -2.04. The molecule has 0 radical (unpaired) electrons. The normalized spacial score (nSPS) is 10.9. The highest BCUT2D eigenvalue weighted by atomic mass is 32.1. The van der Waals surface area contributed by atoms with Crippen LogP contribution in [-0.2, 0) is 19.3 Å². The van der Waals surface area contributed by atoms with Crippen molar-refractivity contribution in [3.8, 4) is 0 Å². The molecule has 2 rings (SSSR count). The van der Waals surface area contributed by atoms with Crippen LogP contribution in [0.5, 0.6) is 0 Å². The summed E-state index contributed by atoms with van der Waals surface area (Å²) < 4.78 is 0. The Balaban J connectivity index is 2.06. The molecule has 20 heavy (non-hydrogen) atoms. The predicted molar refractivity (Wildman–Crippen MR) is 88.4 cm³/mol. The van der Waals surface area contributed by atoms with Crippen molar-refractivity contribution in [2.45, 2.75) is 52.4 Å². The van der Waals surface area contributed by atoms with E-state index in [9.17, 15) is 0 Å². The maximum Gasteiger partial charge on any atom is 0.180 e. The zero-order valence-electron chi connectivity index (χ0n) is 12.5. The minimum absolute atomic E-state index is 0.697. The molecule has 0 fully saturated rings. The highest BCUT2D eigenvalue weighted by molar-refractivity contribution is 7.15. The SMILES string of the molecule is CCCCc1ccc(Cc2sc(N)nc2CCC)cc1. The Hall–Kier alpha value is -1.35. The Labute approximate surface area is 126 Å². The first-order valence-electron chi connectivity index (χ1n) is 7.54. The Morgan fingerprint density at radius 1 is 1.00 bits per heavy atom. The average Bonchev–Trinajstić information content (AvgIpc) is 2.78. The average molecular weight is 288 g/mol. The first-order chi connectivity index (χ1) is 9.72. The first-order valence-corrected chi connectivity index (χ1v) is 8.36. The zero-order chi connectivity index (χ0) is 14.4. The summed E-state index contributed by atoms with van der Waals surface area (Å²) in [4.78, 5) is 5.78. The fourth-order valence-corrected chi connectivity index (χ4v) is 3.28. The van der Waals surface area contributed by atoms with E-state index in [4.69, 9.17) is 5.73 Å². The monoisotopic (exact) mass is 288 g/mol. The molecular formula is C17H24N2S. The van der Waals surface area contributed by atoms with Crippen LogP contribution in [0.15, 0.2) is 24.3 Å². The largest absolute Gasteiger partial charge is 0.375 e. The predicted octanol–water partition coefficient (Wildman–Crippen LogP) is 4.61. The summed E-state index contributed by atoms with van der Waals surface area (Å²) in [7, 11) is 0. The van der Waals surface area contributed by atoms with Gasteiger partial charge in [-0.15, -0.1) is 11.3 Å². The number of aromatic nitrogens is 1. The fraction of sp³-hybridized carbons (Fsp3) is 0.471. The minimum atomic E-state index is 0.697. The zero-order valence-corrected chi connectivity index (χ0v) is 13.3. The van der Waals surface area contributed by atoms with E-state index in [-0.39, 0.29) is 0 Å². The van der Waals surface area contributed by atoms with Gasteiger partial charge in [0.15, 0.2) is 5.13 Å². The van der Waals surface area contributed by atoms with Crippen molar-refractivity contribution in [1.29, 1.82) is 0 Å². The van der Waals surface area contributed by atoms with E-state index in [0.29, 0.717) is 5.13 Å². The molecule has 0 amide bonds. The third-order valence-corrected chi connectivity index (χ3v) is 4.42. The van der Waals surface area contributed by atoms with E-state index < -0.39 is 0 Å². The molecule has 2 N–H and O–H groups in total. The number of rotatable bonds is 7. The van der Waals surface area contributed by atoms with Gasteiger partial charge in [-0.1, -0.05) is 51.0 Å². The van der Waals surface area contributed by atoms with Gasteiger partial charge in [0.05, 0.1) is 5.69 Å². The van der Waals surface area contributed by atoms with Gasteiger partial charge in [-0.25, -0.2) is 4.98 Å². The van der Waals surface area contributed by atoms with Gasteiger partial charge < -0.3 is 5.73 Å². The molecule has 0 saturated heterocycles. The lowest BCUT2D eigenvalue weighted by Crippen LogP contribution is -1.93. The third kappa shape index (κ3) is 4.07. The van der Waals surface area contributed by atoms with E-state index in [0.717, 1.165) is 19.3 Å². The van der Waals surface area contributed by atoms with Crippen LogP contribution in [0.3, 0.4) is 0 Å². The highest BCUT2D eigenvalue weighted by Gasteiger charge is 2.09. The third-order valence-electron chi connectivity index (χ3n) is 3.49. The van der Waals surface area contributed by atoms with E-state index in [2.05, 4.69) is 43.1 Å². The van der Waals surface area contributed by atoms with E-state index >= 15 is 0 Å². The molecule has 3 heteroatoms. The molecule has 1 aromatic heterocycles. The van der Waals surface area contributed by atoms with Crippen LogP contribution in [0.25, 0.3) is 0 Å². The van der Waals surface area contributed by atoms with Gasteiger partial charge in [-0.3, -0.25) is 0 Å². The van der Waals surface area contributed by atoms with E-state index in [1.54, 1.807) is 11.3 Å². The van der Waals surface area contributed by atoms with Crippen LogP contribution < -0.4 is 5.73 Å². The van der Waals surface area contributed by atoms with Gasteiger partial charge >= 0.3 is 0 Å². The Morgan fingerprint density at radius 2 is 1.70 bits per heavy atom. The number of anilines is 1. The van der Waals surface area contributed by atoms with Crippen LogP contribution in [0.1, 0.15) is 54.8 Å². The van der Waals surface area contributed by atoms with Crippen LogP contribution in [0, 0.1) is 0 Å². The molecule has 1 heterocycles. The lowest BCUT2D eigenvalue weighted by atomic mass is 10.0. The van der Waals surface area contributed by atoms with Gasteiger partial charge in [0.2, 0.25) is 0 Å². The van der Waals surface area contributed by atoms with Gasteiger partial charge in [-0.2, -0.15) is 0 Å². The van der Waals surface area contributed by atoms with Crippen LogP contribution in [-0.4, -0.2) is 4.98 Å². The van der Waals surface area contributed by atoms with Gasteiger partial charge in [-0.05, 0) is 30.4 Å². The number of nitrogen functional groups attached to an aromatic ring is 1. The van der Waals surface area contributed by atoms with E-state index in [1.807, 2.05) is 0 Å². The topological polar surface area (TPSA) is 38.9 Å². The summed E-state index contributed by atoms with van der Waals surface area (Å²) in [5, 5.41) is 0.697. The number of thiazole rings is 1. The summed E-state index contributed by atoms with van der Waals surface area (Å²) in [6, 6.07) is 9.01. The summed E-state index contributed by atoms with van der Waals surface area (Å²) >= 11 is 1.63. The Bertz CT molecular complexity index is 528. The van der Waals surface area contributed by atoms with Crippen molar-refractivity contribution in [2.75, 3.05) is 5.73 Å². The Kier molecular flexibility index (Phi) is 5.60. The maximum atomic E-state index is 5.85. The summed E-state index contributed by atoms with van der Waals surface area (Å²) in [6.45, 7) is 4.42. The van der Waals surface area contributed by atoms with Crippen molar-refractivity contribution < 1.29 is 0 Å². The second-order valence-corrected chi connectivity index (χ2v) is 6.38. The molecule has 0 spiro atoms. The number of nitrogens with zero attached hydrogens (tertiary/aromatic N) is 1. The van der Waals surface area contributed by atoms with Crippen molar-refractivity contribution in [2.24, 2.45) is 0 Å². The smallest absolute Gasteiger partial charge is 0.180 e. The quantitative estimate of drug-likeness (QED) is 0.808. The molecule has 0 aliphatic rings. The molecule has 2 aromatic rings. The first kappa shape index (κ1) is 15.0. The van der Waals surface area contributed by atoms with Gasteiger partial charge in [0, 0.05) is 11.3 Å². The molecule has 0 unspecified atom stereocenters. The molecule has 0 bridgehead atoms. The van der Waals surface area contributed by atoms with Crippen LogP contribution >= 0.6 is 11.3 Å². The lowest BCUT2D eigenvalue weighted by molar-refractivity contribution is 0.795. The number of benzene rings is 1. The minimum Gasteiger partial charge on any atom is -0.375 e. The molecular weight excluding hydrogens is 264 g/mol. The highest BCUT2D eigenvalue weighted by Crippen LogP contribution is 2.25. The number of hydrogen-bond acceptors (Lipinski definition) is 3. The molecule has 0 saturated carbocycles. The van der Waals surface area contributed by atoms with Gasteiger partial charge in [0.1, 0.15) is 0 Å². The van der Waals surface area contributed by atoms with Crippen molar-refractivity contribution in [3.05, 3.63) is 46.0 Å². The fourth-order valence-electron chi connectivity index (χ4n) is 2.36. The van der Waals surface area contributed by atoms with Crippen molar-refractivity contribution in [3.63, 3.8) is 0 Å². The molecule has 0 aliphatic heterocycles. The maximum absolute atomic E-state index is 5.85. The van der Waals surface area contributed by atoms with Crippen LogP contribution in [0.4, 0.5) is 5.13 Å². The number of hydrogen-bond donors (Lipinski definition) is 1. The van der Waals surface area contributed by atoms with Gasteiger partial charge in [0.25, 0.3) is 0 Å². The molecule has 1 aromatic carbocycles. The molecule has 2 nitrogen and oxygen atoms in total. The van der Waals surface area contributed by atoms with Crippen molar-refractivity contribution >= 4 is 16.5 Å². The Morgan fingerprint density at radius 3 is 2.35 bits per heavy atom. The number of nitrogens with two attached hydrogens (primary N) is 1. The summed E-state index contributed by atoms with van der Waals surface area (Å²) in [6.07, 6.45) is 6.81. The summed E-state index contributed by atoms with van der Waals surface area (Å²) in [5.74, 6) is 0. The van der Waals surface area contributed by atoms with Crippen LogP contribution in [0.2, 0.25) is 0 Å². The molecule has 108 valence electrons. The molecule has 0 aliphatic carbocycles. The number of aryl methyl sites for hydroxylation is 2. The second kappa shape index (κ2) is 7.44. The summed E-state index contributed by atoms with van der Waals surface area (Å²) in [5.41, 5.74) is 9.83. The van der Waals surface area contributed by atoms with Crippen molar-refractivity contribution in [1.82, 2.24) is 4.98 Å². The molecule has 0 atom stereocenters. The number of unbranched alkanes of at least 4 members (excludes halogenated alkanes) is 1.